The summed E-state index contributed by atoms with van der Waals surface area (Å²) in [5.41, 5.74) is 0. The number of nitrogens with one attached hydrogen (secondary N) is 2. The van der Waals surface area contributed by atoms with Crippen LogP contribution >= 0.6 is 11.8 Å². The summed E-state index contributed by atoms with van der Waals surface area (Å²) in [6.07, 6.45) is 1.76. The minimum absolute atomic E-state index is 0.657. The minimum atomic E-state index is 0.657. The lowest BCUT2D eigenvalue weighted by Crippen LogP contribution is -2.36. The van der Waals surface area contributed by atoms with Crippen molar-refractivity contribution >= 4 is 23.5 Å². The number of anilines is 2. The summed E-state index contributed by atoms with van der Waals surface area (Å²) in [6, 6.07) is 1.90. The molecule has 2 heterocycles. The maximum Gasteiger partial charge on any atom is 0.224 e. The van der Waals surface area contributed by atoms with Crippen molar-refractivity contribution in [1.82, 2.24) is 14.9 Å². The zero-order valence-corrected chi connectivity index (χ0v) is 11.0. The van der Waals surface area contributed by atoms with Gasteiger partial charge in [-0.3, -0.25) is 4.90 Å². The Kier molecular flexibility index (Phi) is 4.88. The van der Waals surface area contributed by atoms with Crippen LogP contribution in [0.1, 0.15) is 0 Å². The van der Waals surface area contributed by atoms with E-state index in [2.05, 4.69) is 25.5 Å². The molecule has 0 atom stereocenters. The van der Waals surface area contributed by atoms with Gasteiger partial charge in [0.25, 0.3) is 0 Å². The summed E-state index contributed by atoms with van der Waals surface area (Å²) >= 11 is 2.04. The van der Waals surface area contributed by atoms with Gasteiger partial charge in [-0.25, -0.2) is 4.98 Å². The van der Waals surface area contributed by atoms with E-state index >= 15 is 0 Å². The fourth-order valence-electron chi connectivity index (χ4n) is 1.74. The first-order valence-electron chi connectivity index (χ1n) is 5.93. The van der Waals surface area contributed by atoms with Gasteiger partial charge in [0.1, 0.15) is 5.82 Å². The van der Waals surface area contributed by atoms with E-state index in [-0.39, 0.29) is 0 Å². The lowest BCUT2D eigenvalue weighted by molar-refractivity contribution is 0.314. The van der Waals surface area contributed by atoms with E-state index in [1.807, 2.05) is 24.9 Å². The van der Waals surface area contributed by atoms with Gasteiger partial charge in [0.05, 0.1) is 0 Å². The van der Waals surface area contributed by atoms with Crippen LogP contribution in [0.25, 0.3) is 0 Å². The summed E-state index contributed by atoms with van der Waals surface area (Å²) in [5.74, 6) is 4.06. The van der Waals surface area contributed by atoms with Gasteiger partial charge in [0.15, 0.2) is 0 Å². The second kappa shape index (κ2) is 6.66. The Morgan fingerprint density at radius 2 is 2.24 bits per heavy atom. The Bertz CT molecular complexity index is 340. The first-order chi connectivity index (χ1) is 8.38. The Labute approximate surface area is 106 Å². The van der Waals surface area contributed by atoms with Crippen LogP contribution in [0.3, 0.4) is 0 Å². The van der Waals surface area contributed by atoms with E-state index in [1.165, 1.54) is 24.6 Å². The van der Waals surface area contributed by atoms with Crippen LogP contribution in [0, 0.1) is 0 Å². The molecule has 17 heavy (non-hydrogen) atoms. The van der Waals surface area contributed by atoms with E-state index < -0.39 is 0 Å². The predicted molar refractivity (Wildman–Crippen MR) is 73.8 cm³/mol. The van der Waals surface area contributed by atoms with Crippen LogP contribution in [0.2, 0.25) is 0 Å². The van der Waals surface area contributed by atoms with E-state index in [9.17, 15) is 0 Å². The van der Waals surface area contributed by atoms with Crippen molar-refractivity contribution in [2.24, 2.45) is 0 Å². The predicted octanol–water partition coefficient (Wildman–Crippen LogP) is 0.979. The lowest BCUT2D eigenvalue weighted by atomic mass is 10.4. The molecule has 5 nitrogen and oxygen atoms in total. The third-order valence-electron chi connectivity index (χ3n) is 2.72. The number of hydrogen-bond acceptors (Lipinski definition) is 6. The molecule has 0 aliphatic carbocycles. The van der Waals surface area contributed by atoms with Crippen molar-refractivity contribution in [3.8, 4) is 0 Å². The molecule has 2 rings (SSSR count). The summed E-state index contributed by atoms with van der Waals surface area (Å²) < 4.78 is 0. The molecule has 1 aliphatic heterocycles. The number of aromatic nitrogens is 2. The molecule has 1 aromatic rings. The summed E-state index contributed by atoms with van der Waals surface area (Å²) in [5, 5.41) is 6.26. The normalized spacial score (nSPS) is 16.8. The average molecular weight is 253 g/mol. The van der Waals surface area contributed by atoms with Crippen molar-refractivity contribution < 1.29 is 0 Å². The fraction of sp³-hybridized carbons (Fsp3) is 0.636. The van der Waals surface area contributed by atoms with Crippen molar-refractivity contribution in [3.63, 3.8) is 0 Å². The van der Waals surface area contributed by atoms with Gasteiger partial charge in [-0.2, -0.15) is 16.7 Å². The number of thioether (sulfide) groups is 1. The highest BCUT2D eigenvalue weighted by Crippen LogP contribution is 2.09. The Balaban J connectivity index is 1.73. The SMILES string of the molecule is CNc1nccc(NCCN2CCSCC2)n1. The van der Waals surface area contributed by atoms with Crippen molar-refractivity contribution in [1.29, 1.82) is 0 Å². The molecule has 0 amide bonds. The Hall–Kier alpha value is -1.01. The van der Waals surface area contributed by atoms with Crippen LogP contribution in [-0.2, 0) is 0 Å². The molecule has 1 fully saturated rings. The fourth-order valence-corrected chi connectivity index (χ4v) is 2.72. The van der Waals surface area contributed by atoms with Gasteiger partial charge in [0.2, 0.25) is 5.95 Å². The van der Waals surface area contributed by atoms with E-state index in [4.69, 9.17) is 0 Å². The van der Waals surface area contributed by atoms with E-state index in [0.717, 1.165) is 18.9 Å². The van der Waals surface area contributed by atoms with Crippen molar-refractivity contribution in [3.05, 3.63) is 12.3 Å². The second-order valence-electron chi connectivity index (χ2n) is 3.90. The topological polar surface area (TPSA) is 53.1 Å². The molecule has 1 aliphatic rings. The summed E-state index contributed by atoms with van der Waals surface area (Å²) in [7, 11) is 1.82. The first-order valence-corrected chi connectivity index (χ1v) is 7.09. The monoisotopic (exact) mass is 253 g/mol. The third kappa shape index (κ3) is 4.05. The average Bonchev–Trinajstić information content (AvgIpc) is 2.40. The molecule has 0 radical (unpaired) electrons. The lowest BCUT2D eigenvalue weighted by Gasteiger charge is -2.26. The van der Waals surface area contributed by atoms with E-state index in [0.29, 0.717) is 5.95 Å². The number of hydrogen-bond donors (Lipinski definition) is 2. The zero-order valence-electron chi connectivity index (χ0n) is 10.1. The molecule has 1 saturated heterocycles. The summed E-state index contributed by atoms with van der Waals surface area (Å²) in [4.78, 5) is 10.9. The molecule has 94 valence electrons. The molecule has 1 aromatic heterocycles. The maximum absolute atomic E-state index is 4.32. The first kappa shape index (κ1) is 12.4. The van der Waals surface area contributed by atoms with Gasteiger partial charge in [-0.1, -0.05) is 0 Å². The maximum atomic E-state index is 4.32. The molecule has 2 N–H and O–H groups in total. The summed E-state index contributed by atoms with van der Waals surface area (Å²) in [6.45, 7) is 4.43. The van der Waals surface area contributed by atoms with Crippen LogP contribution < -0.4 is 10.6 Å². The molecule has 0 bridgehead atoms. The Morgan fingerprint density at radius 1 is 1.41 bits per heavy atom. The number of nitrogens with zero attached hydrogens (tertiary/aromatic N) is 3. The molecular formula is C11H19N5S. The van der Waals surface area contributed by atoms with E-state index in [1.54, 1.807) is 6.20 Å². The minimum Gasteiger partial charge on any atom is -0.369 e. The van der Waals surface area contributed by atoms with Crippen LogP contribution in [0.5, 0.6) is 0 Å². The highest BCUT2D eigenvalue weighted by Gasteiger charge is 2.09. The highest BCUT2D eigenvalue weighted by atomic mass is 32.2. The third-order valence-corrected chi connectivity index (χ3v) is 3.66. The standard InChI is InChI=1S/C11H19N5S/c1-12-11-14-3-2-10(15-11)13-4-5-16-6-8-17-9-7-16/h2-3H,4-9H2,1H3,(H2,12,13,14,15). The second-order valence-corrected chi connectivity index (χ2v) is 5.12. The van der Waals surface area contributed by atoms with Crippen LogP contribution in [0.15, 0.2) is 12.3 Å². The molecular weight excluding hydrogens is 234 g/mol. The molecule has 0 spiro atoms. The van der Waals surface area contributed by atoms with Crippen LogP contribution in [0.4, 0.5) is 11.8 Å². The molecule has 6 heteroatoms. The van der Waals surface area contributed by atoms with Gasteiger partial charge >= 0.3 is 0 Å². The van der Waals surface area contributed by atoms with Gasteiger partial charge in [-0.15, -0.1) is 0 Å². The molecule has 0 unspecified atom stereocenters. The van der Waals surface area contributed by atoms with Crippen molar-refractivity contribution in [2.75, 3.05) is 55.4 Å². The quantitative estimate of drug-likeness (QED) is 0.816. The van der Waals surface area contributed by atoms with Gasteiger partial charge in [-0.05, 0) is 6.07 Å². The Morgan fingerprint density at radius 3 is 3.00 bits per heavy atom. The smallest absolute Gasteiger partial charge is 0.224 e. The number of rotatable bonds is 5. The van der Waals surface area contributed by atoms with Crippen LogP contribution in [-0.4, -0.2) is 59.6 Å². The zero-order chi connectivity index (χ0) is 11.9. The van der Waals surface area contributed by atoms with Gasteiger partial charge in [0, 0.05) is 50.9 Å². The largest absolute Gasteiger partial charge is 0.369 e. The van der Waals surface area contributed by atoms with Crippen molar-refractivity contribution in [2.45, 2.75) is 0 Å². The highest BCUT2D eigenvalue weighted by molar-refractivity contribution is 7.99. The molecule has 0 aromatic carbocycles. The van der Waals surface area contributed by atoms with Gasteiger partial charge < -0.3 is 10.6 Å². The molecule has 0 saturated carbocycles.